The Morgan fingerprint density at radius 1 is 1.36 bits per heavy atom. The van der Waals surface area contributed by atoms with Crippen LogP contribution < -0.4 is 5.32 Å². The molecule has 2 aromatic rings. The van der Waals surface area contributed by atoms with Crippen molar-refractivity contribution in [1.82, 2.24) is 10.3 Å². The predicted octanol–water partition coefficient (Wildman–Crippen LogP) is 3.55. The lowest BCUT2D eigenvalue weighted by Gasteiger charge is -2.32. The molecule has 0 aliphatic heterocycles. The van der Waals surface area contributed by atoms with Gasteiger partial charge < -0.3 is 15.4 Å². The summed E-state index contributed by atoms with van der Waals surface area (Å²) in [5.41, 5.74) is 1.61. The van der Waals surface area contributed by atoms with Gasteiger partial charge in [0.05, 0.1) is 16.2 Å². The van der Waals surface area contributed by atoms with Crippen molar-refractivity contribution in [2.24, 2.45) is 0 Å². The predicted molar refractivity (Wildman–Crippen MR) is 88.4 cm³/mol. The number of aromatic nitrogens is 1. The summed E-state index contributed by atoms with van der Waals surface area (Å²) in [7, 11) is 0. The van der Waals surface area contributed by atoms with Crippen LogP contribution in [-0.2, 0) is 0 Å². The normalized spacial score (nSPS) is 17.6. The van der Waals surface area contributed by atoms with Gasteiger partial charge in [0.25, 0.3) is 5.91 Å². The van der Waals surface area contributed by atoms with Crippen LogP contribution in [0.2, 0.25) is 5.02 Å². The summed E-state index contributed by atoms with van der Waals surface area (Å²) in [5.74, 6) is -0.232. The van der Waals surface area contributed by atoms with E-state index in [0.717, 1.165) is 48.7 Å². The van der Waals surface area contributed by atoms with E-state index in [0.29, 0.717) is 10.6 Å². The quantitative estimate of drug-likeness (QED) is 0.809. The zero-order valence-corrected chi connectivity index (χ0v) is 13.5. The van der Waals surface area contributed by atoms with Crippen molar-refractivity contribution in [1.29, 1.82) is 0 Å². The number of carbonyl (C=O) groups is 1. The molecule has 118 valence electrons. The number of aryl methyl sites for hydroxylation is 1. The molecule has 0 saturated heterocycles. The first kappa shape index (κ1) is 15.4. The molecule has 5 heteroatoms. The number of halogens is 1. The average molecular weight is 321 g/mol. The molecular weight excluding hydrogens is 300 g/mol. The fourth-order valence-electron chi connectivity index (χ4n) is 3.21. The van der Waals surface area contributed by atoms with Crippen LogP contribution in [0, 0.1) is 6.92 Å². The number of aromatic amines is 1. The second-order valence-corrected chi connectivity index (χ2v) is 6.69. The number of hydrogen-bond donors (Lipinski definition) is 3. The summed E-state index contributed by atoms with van der Waals surface area (Å²) >= 11 is 6.36. The van der Waals surface area contributed by atoms with Gasteiger partial charge in [0.2, 0.25) is 0 Å². The summed E-state index contributed by atoms with van der Waals surface area (Å²) < 4.78 is 0. The average Bonchev–Trinajstić information content (AvgIpc) is 2.88. The van der Waals surface area contributed by atoms with Gasteiger partial charge >= 0.3 is 0 Å². The SMILES string of the molecule is Cc1cc2c(Cl)c(C(=O)NCC3(O)CCCCC3)ccc2[nH]1. The number of nitrogens with one attached hydrogen (secondary N) is 2. The summed E-state index contributed by atoms with van der Waals surface area (Å²) in [6.07, 6.45) is 4.68. The zero-order chi connectivity index (χ0) is 15.7. The van der Waals surface area contributed by atoms with Crippen LogP contribution in [0.4, 0.5) is 0 Å². The third-order valence-electron chi connectivity index (χ3n) is 4.48. The maximum absolute atomic E-state index is 12.4. The molecule has 1 aromatic heterocycles. The first-order valence-corrected chi connectivity index (χ1v) is 8.15. The fourth-order valence-corrected chi connectivity index (χ4v) is 3.52. The summed E-state index contributed by atoms with van der Waals surface area (Å²) in [6.45, 7) is 2.24. The Morgan fingerprint density at radius 3 is 2.82 bits per heavy atom. The molecule has 1 amide bonds. The van der Waals surface area contributed by atoms with Gasteiger partial charge in [0.15, 0.2) is 0 Å². The van der Waals surface area contributed by atoms with Gasteiger partial charge in [-0.25, -0.2) is 0 Å². The molecule has 1 fully saturated rings. The number of H-pyrrole nitrogens is 1. The molecule has 1 aliphatic rings. The van der Waals surface area contributed by atoms with Crippen LogP contribution in [0.3, 0.4) is 0 Å². The summed E-state index contributed by atoms with van der Waals surface area (Å²) in [4.78, 5) is 15.6. The number of amides is 1. The molecule has 4 nitrogen and oxygen atoms in total. The lowest BCUT2D eigenvalue weighted by atomic mass is 9.85. The van der Waals surface area contributed by atoms with Crippen LogP contribution in [0.5, 0.6) is 0 Å². The molecule has 0 bridgehead atoms. The summed E-state index contributed by atoms with van der Waals surface area (Å²) in [5, 5.41) is 14.6. The molecule has 1 aliphatic carbocycles. The van der Waals surface area contributed by atoms with E-state index in [-0.39, 0.29) is 12.5 Å². The molecule has 1 heterocycles. The molecule has 22 heavy (non-hydrogen) atoms. The molecular formula is C17H21ClN2O2. The Balaban J connectivity index is 1.76. The maximum atomic E-state index is 12.4. The van der Waals surface area contributed by atoms with Crippen molar-refractivity contribution in [3.63, 3.8) is 0 Å². The second kappa shape index (κ2) is 5.94. The Labute approximate surface area is 134 Å². The highest BCUT2D eigenvalue weighted by molar-refractivity contribution is 6.38. The van der Waals surface area contributed by atoms with Gasteiger partial charge in [0.1, 0.15) is 0 Å². The van der Waals surface area contributed by atoms with Crippen molar-refractivity contribution < 1.29 is 9.90 Å². The Kier molecular flexibility index (Phi) is 4.15. The van der Waals surface area contributed by atoms with E-state index in [1.54, 1.807) is 6.07 Å². The van der Waals surface area contributed by atoms with Crippen LogP contribution in [0.15, 0.2) is 18.2 Å². The number of aliphatic hydroxyl groups is 1. The highest BCUT2D eigenvalue weighted by Crippen LogP contribution is 2.29. The van der Waals surface area contributed by atoms with Crippen molar-refractivity contribution in [3.8, 4) is 0 Å². The van der Waals surface area contributed by atoms with Gasteiger partial charge in [-0.3, -0.25) is 4.79 Å². The largest absolute Gasteiger partial charge is 0.388 e. The lowest BCUT2D eigenvalue weighted by Crippen LogP contribution is -2.44. The highest BCUT2D eigenvalue weighted by atomic mass is 35.5. The van der Waals surface area contributed by atoms with Crippen LogP contribution in [-0.4, -0.2) is 28.1 Å². The Hall–Kier alpha value is -1.52. The lowest BCUT2D eigenvalue weighted by molar-refractivity contribution is 0.00526. The molecule has 0 unspecified atom stereocenters. The van der Waals surface area contributed by atoms with Crippen molar-refractivity contribution >= 4 is 28.4 Å². The minimum Gasteiger partial charge on any atom is -0.388 e. The summed E-state index contributed by atoms with van der Waals surface area (Å²) in [6, 6.07) is 5.52. The Morgan fingerprint density at radius 2 is 2.09 bits per heavy atom. The van der Waals surface area contributed by atoms with E-state index in [4.69, 9.17) is 11.6 Å². The maximum Gasteiger partial charge on any atom is 0.252 e. The van der Waals surface area contributed by atoms with Gasteiger partial charge in [-0.1, -0.05) is 30.9 Å². The number of hydrogen-bond acceptors (Lipinski definition) is 2. The molecule has 3 rings (SSSR count). The van der Waals surface area contributed by atoms with Gasteiger partial charge in [-0.05, 0) is 38.0 Å². The first-order valence-electron chi connectivity index (χ1n) is 7.77. The second-order valence-electron chi connectivity index (χ2n) is 6.31. The van der Waals surface area contributed by atoms with E-state index in [9.17, 15) is 9.90 Å². The third-order valence-corrected chi connectivity index (χ3v) is 4.89. The van der Waals surface area contributed by atoms with E-state index >= 15 is 0 Å². The van der Waals surface area contributed by atoms with Crippen molar-refractivity contribution in [3.05, 3.63) is 34.5 Å². The molecule has 1 aromatic carbocycles. The first-order chi connectivity index (χ1) is 10.5. The number of benzene rings is 1. The van der Waals surface area contributed by atoms with Crippen LogP contribution in [0.25, 0.3) is 10.9 Å². The monoisotopic (exact) mass is 320 g/mol. The molecule has 1 saturated carbocycles. The Bertz CT molecular complexity index is 702. The van der Waals surface area contributed by atoms with Crippen molar-refractivity contribution in [2.75, 3.05) is 6.54 Å². The van der Waals surface area contributed by atoms with Gasteiger partial charge in [0, 0.05) is 23.1 Å². The minimum atomic E-state index is -0.769. The standard InChI is InChI=1S/C17H21ClN2O2/c1-11-9-13-14(20-11)6-5-12(15(13)18)16(21)19-10-17(22)7-3-2-4-8-17/h5-6,9,20,22H,2-4,7-8,10H2,1H3,(H,19,21). The van der Waals surface area contributed by atoms with Gasteiger partial charge in [-0.15, -0.1) is 0 Å². The third kappa shape index (κ3) is 2.99. The fraction of sp³-hybridized carbons (Fsp3) is 0.471. The van der Waals surface area contributed by atoms with Gasteiger partial charge in [-0.2, -0.15) is 0 Å². The molecule has 3 N–H and O–H groups in total. The van der Waals surface area contributed by atoms with E-state index in [1.807, 2.05) is 19.1 Å². The van der Waals surface area contributed by atoms with Crippen LogP contribution >= 0.6 is 11.6 Å². The van der Waals surface area contributed by atoms with E-state index < -0.39 is 5.60 Å². The molecule has 0 atom stereocenters. The number of fused-ring (bicyclic) bond motifs is 1. The van der Waals surface area contributed by atoms with Crippen LogP contribution in [0.1, 0.15) is 48.2 Å². The smallest absolute Gasteiger partial charge is 0.252 e. The molecule has 0 radical (unpaired) electrons. The van der Waals surface area contributed by atoms with Crippen molar-refractivity contribution in [2.45, 2.75) is 44.6 Å². The number of carbonyl (C=O) groups excluding carboxylic acids is 1. The zero-order valence-electron chi connectivity index (χ0n) is 12.7. The molecule has 0 spiro atoms. The highest BCUT2D eigenvalue weighted by Gasteiger charge is 2.29. The van der Waals surface area contributed by atoms with E-state index in [1.165, 1.54) is 0 Å². The minimum absolute atomic E-state index is 0.232. The topological polar surface area (TPSA) is 65.1 Å². The van der Waals surface area contributed by atoms with E-state index in [2.05, 4.69) is 10.3 Å². The number of rotatable bonds is 3.